The highest BCUT2D eigenvalue weighted by molar-refractivity contribution is 5.65. The van der Waals surface area contributed by atoms with Crippen molar-refractivity contribution in [3.63, 3.8) is 0 Å². The average molecular weight is 95.1 g/mol. The number of carbonyl (C=O) groups excluding carboxylic acids is 1. The molecule has 0 amide bonds. The van der Waals surface area contributed by atoms with E-state index in [1.54, 1.807) is 12.4 Å². The minimum atomic E-state index is 0.915. The molecule has 0 aliphatic carbocycles. The Kier molecular flexibility index (Phi) is 4.59. The van der Waals surface area contributed by atoms with E-state index in [0.717, 1.165) is 6.42 Å². The Hall–Kier alpha value is -0.810. The molecule has 0 aromatic carbocycles. The van der Waals surface area contributed by atoms with Crippen LogP contribution in [0.5, 0.6) is 0 Å². The summed E-state index contributed by atoms with van der Waals surface area (Å²) in [5.74, 6) is 0. The quantitative estimate of drug-likeness (QED) is 0.372. The van der Waals surface area contributed by atoms with Crippen LogP contribution in [-0.4, -0.2) is 6.29 Å². The molecule has 0 aromatic heterocycles. The molecule has 0 fully saturated rings. The van der Waals surface area contributed by atoms with Crippen molar-refractivity contribution in [3.8, 4) is 0 Å². The summed E-state index contributed by atoms with van der Waals surface area (Å²) in [6.07, 6.45) is 5.49. The predicted octanol–water partition coefficient (Wildman–Crippen LogP) is 1.22. The zero-order chi connectivity index (χ0) is 5.54. The molecule has 0 heterocycles. The van der Waals surface area contributed by atoms with E-state index in [-0.39, 0.29) is 0 Å². The van der Waals surface area contributed by atoms with Gasteiger partial charge in [-0.05, 0) is 12.5 Å². The van der Waals surface area contributed by atoms with Crippen molar-refractivity contribution in [2.45, 2.75) is 13.3 Å². The highest BCUT2D eigenvalue weighted by Crippen LogP contribution is 1.71. The van der Waals surface area contributed by atoms with Crippen LogP contribution in [0.15, 0.2) is 17.9 Å². The minimum absolute atomic E-state index is 0.915. The molecule has 0 atom stereocenters. The van der Waals surface area contributed by atoms with Gasteiger partial charge in [-0.2, -0.15) is 0 Å². The van der Waals surface area contributed by atoms with Crippen LogP contribution in [-0.2, 0) is 4.79 Å². The molecule has 0 rings (SSSR count). The summed E-state index contributed by atoms with van der Waals surface area (Å²) in [6, 6.07) is 0. The third-order valence-electron chi connectivity index (χ3n) is 0.464. The summed E-state index contributed by atoms with van der Waals surface area (Å²) in [7, 11) is 0. The van der Waals surface area contributed by atoms with Crippen molar-refractivity contribution in [1.82, 2.24) is 0 Å². The second kappa shape index (κ2) is 5.19. The Morgan fingerprint density at radius 1 is 1.71 bits per heavy atom. The summed E-state index contributed by atoms with van der Waals surface area (Å²) >= 11 is 0. The largest absolute Gasteiger partial charge is 0.285 e. The van der Waals surface area contributed by atoms with Crippen LogP contribution in [0.4, 0.5) is 0 Å². The first-order valence-corrected chi connectivity index (χ1v) is 2.19. The van der Waals surface area contributed by atoms with Crippen LogP contribution in [0.1, 0.15) is 13.3 Å². The van der Waals surface area contributed by atoms with Gasteiger partial charge in [-0.25, -0.2) is 0 Å². The van der Waals surface area contributed by atoms with Gasteiger partial charge < -0.3 is 0 Å². The first-order valence-electron chi connectivity index (χ1n) is 2.19. The highest BCUT2D eigenvalue weighted by atomic mass is 16.1. The van der Waals surface area contributed by atoms with Gasteiger partial charge in [0.25, 0.3) is 0 Å². The summed E-state index contributed by atoms with van der Waals surface area (Å²) < 4.78 is 0. The number of hydrogen-bond donors (Lipinski definition) is 0. The highest BCUT2D eigenvalue weighted by Gasteiger charge is 1.57. The zero-order valence-corrected chi connectivity index (χ0v) is 4.27. The molecule has 0 unspecified atom stereocenters. The molecule has 7 heavy (non-hydrogen) atoms. The van der Waals surface area contributed by atoms with E-state index in [4.69, 9.17) is 0 Å². The Balaban J connectivity index is 3.40. The van der Waals surface area contributed by atoms with Gasteiger partial charge in [0, 0.05) is 6.08 Å². The topological polar surface area (TPSA) is 17.1 Å². The Morgan fingerprint density at radius 3 is 2.86 bits per heavy atom. The summed E-state index contributed by atoms with van der Waals surface area (Å²) in [4.78, 5) is 9.42. The first kappa shape index (κ1) is 6.19. The van der Waals surface area contributed by atoms with E-state index < -0.39 is 0 Å². The lowest BCUT2D eigenvalue weighted by molar-refractivity contribution is 0.564. The molecule has 0 aliphatic rings. The van der Waals surface area contributed by atoms with Crippen molar-refractivity contribution in [3.05, 3.63) is 17.9 Å². The molecule has 0 saturated heterocycles. The standard InChI is InChI=1S/C6H7O/c1-2-3-4-5-6-7/h3,5H,2H2,1H3. The number of rotatable bonds is 2. The number of hydrogen-bond acceptors (Lipinski definition) is 1. The van der Waals surface area contributed by atoms with Gasteiger partial charge in [0.15, 0.2) is 0 Å². The molecular weight excluding hydrogens is 88.1 g/mol. The third kappa shape index (κ3) is 5.19. The monoisotopic (exact) mass is 95.0 g/mol. The molecular formula is C6H7O. The fourth-order valence-electron chi connectivity index (χ4n) is 0.211. The lowest BCUT2D eigenvalue weighted by atomic mass is 10.4. The Labute approximate surface area is 43.3 Å². The van der Waals surface area contributed by atoms with E-state index in [1.807, 2.05) is 6.92 Å². The van der Waals surface area contributed by atoms with Gasteiger partial charge in [-0.1, -0.05) is 6.92 Å². The molecule has 0 aliphatic heterocycles. The normalized spacial score (nSPS) is 6.43. The second-order valence-electron chi connectivity index (χ2n) is 1.04. The summed E-state index contributed by atoms with van der Waals surface area (Å²) in [6.45, 7) is 1.98. The molecule has 1 heteroatoms. The van der Waals surface area contributed by atoms with Gasteiger partial charge in [-0.3, -0.25) is 4.79 Å². The fraction of sp³-hybridized carbons (Fsp3) is 0.333. The van der Waals surface area contributed by atoms with Gasteiger partial charge in [0.2, 0.25) is 6.29 Å². The maximum atomic E-state index is 9.42. The minimum Gasteiger partial charge on any atom is -0.285 e. The molecule has 1 radical (unpaired) electrons. The molecule has 1 nitrogen and oxygen atoms in total. The van der Waals surface area contributed by atoms with Gasteiger partial charge in [-0.15, -0.1) is 5.73 Å². The van der Waals surface area contributed by atoms with Gasteiger partial charge in [0.05, 0.1) is 0 Å². The fourth-order valence-corrected chi connectivity index (χ4v) is 0.211. The lowest BCUT2D eigenvalue weighted by Gasteiger charge is -1.61. The van der Waals surface area contributed by atoms with Gasteiger partial charge >= 0.3 is 0 Å². The van der Waals surface area contributed by atoms with Crippen LogP contribution in [0, 0.1) is 0 Å². The van der Waals surface area contributed by atoms with E-state index in [0.29, 0.717) is 0 Å². The van der Waals surface area contributed by atoms with Crippen LogP contribution in [0.3, 0.4) is 0 Å². The van der Waals surface area contributed by atoms with Crippen LogP contribution < -0.4 is 0 Å². The molecule has 0 saturated carbocycles. The second-order valence-corrected chi connectivity index (χ2v) is 1.04. The van der Waals surface area contributed by atoms with Crippen LogP contribution in [0.2, 0.25) is 0 Å². The number of allylic oxidation sites excluding steroid dienone is 1. The van der Waals surface area contributed by atoms with E-state index in [9.17, 15) is 4.79 Å². The van der Waals surface area contributed by atoms with E-state index in [2.05, 4.69) is 5.73 Å². The maximum absolute atomic E-state index is 9.42. The van der Waals surface area contributed by atoms with Crippen molar-refractivity contribution >= 4 is 6.29 Å². The summed E-state index contributed by atoms with van der Waals surface area (Å²) in [5, 5.41) is 0. The van der Waals surface area contributed by atoms with Crippen LogP contribution >= 0.6 is 0 Å². The van der Waals surface area contributed by atoms with Crippen molar-refractivity contribution in [1.29, 1.82) is 0 Å². The predicted molar refractivity (Wildman–Crippen MR) is 28.6 cm³/mol. The van der Waals surface area contributed by atoms with Crippen LogP contribution in [0.25, 0.3) is 0 Å². The van der Waals surface area contributed by atoms with E-state index >= 15 is 0 Å². The molecule has 37 valence electrons. The Morgan fingerprint density at radius 2 is 2.43 bits per heavy atom. The molecule has 0 N–H and O–H groups in total. The van der Waals surface area contributed by atoms with Crippen molar-refractivity contribution < 1.29 is 4.79 Å². The lowest BCUT2D eigenvalue weighted by Crippen LogP contribution is -1.51. The Bertz CT molecular complexity index is 96.7. The molecule has 0 spiro atoms. The van der Waals surface area contributed by atoms with Crippen molar-refractivity contribution in [2.75, 3.05) is 0 Å². The maximum Gasteiger partial charge on any atom is 0.233 e. The third-order valence-corrected chi connectivity index (χ3v) is 0.464. The van der Waals surface area contributed by atoms with E-state index in [1.165, 1.54) is 6.08 Å². The molecule has 0 bridgehead atoms. The SMILES string of the molecule is CCC=C=C[C]=O. The zero-order valence-electron chi connectivity index (χ0n) is 4.27. The summed E-state index contributed by atoms with van der Waals surface area (Å²) in [5.41, 5.74) is 2.61. The molecule has 0 aromatic rings. The van der Waals surface area contributed by atoms with Gasteiger partial charge in [0.1, 0.15) is 0 Å². The first-order chi connectivity index (χ1) is 3.41. The van der Waals surface area contributed by atoms with Crippen molar-refractivity contribution in [2.24, 2.45) is 0 Å². The average Bonchev–Trinajstić information content (AvgIpc) is 1.69. The smallest absolute Gasteiger partial charge is 0.233 e.